The second-order valence-corrected chi connectivity index (χ2v) is 9.02. The predicted molar refractivity (Wildman–Crippen MR) is 151 cm³/mol. The number of hydrogen-bond donors (Lipinski definition) is 3. The van der Waals surface area contributed by atoms with Gasteiger partial charge in [-0.15, -0.1) is 0 Å². The highest BCUT2D eigenvalue weighted by Crippen LogP contribution is 2.28. The van der Waals surface area contributed by atoms with E-state index in [1.54, 1.807) is 55.6 Å². The molecule has 0 heterocycles. The summed E-state index contributed by atoms with van der Waals surface area (Å²) < 4.78 is 17.3. The minimum absolute atomic E-state index is 0.180. The molecule has 3 rings (SSSR count). The van der Waals surface area contributed by atoms with Crippen molar-refractivity contribution in [1.29, 1.82) is 0 Å². The van der Waals surface area contributed by atoms with Crippen LogP contribution in [0.1, 0.15) is 23.6 Å². The van der Waals surface area contributed by atoms with Crippen LogP contribution >= 0.6 is 15.9 Å². The van der Waals surface area contributed by atoms with Crippen LogP contribution in [0, 0.1) is 6.92 Å². The van der Waals surface area contributed by atoms with Crippen LogP contribution in [-0.2, 0) is 20.9 Å². The van der Waals surface area contributed by atoms with Gasteiger partial charge in [0.2, 0.25) is 0 Å². The minimum atomic E-state index is -0.906. The van der Waals surface area contributed by atoms with E-state index in [1.807, 2.05) is 26.0 Å². The molecule has 39 heavy (non-hydrogen) atoms. The monoisotopic (exact) mass is 596 g/mol. The average molecular weight is 597 g/mol. The highest BCUT2D eigenvalue weighted by molar-refractivity contribution is 9.10. The maximum Gasteiger partial charge on any atom is 0.329 e. The van der Waals surface area contributed by atoms with E-state index >= 15 is 0 Å². The highest BCUT2D eigenvalue weighted by Gasteiger charge is 2.13. The number of halogens is 1. The smallest absolute Gasteiger partial charge is 0.329 e. The fraction of sp³-hybridized carbons (Fsp3) is 0.214. The molecule has 0 aliphatic carbocycles. The molecule has 0 aromatic heterocycles. The second kappa shape index (κ2) is 14.5. The summed E-state index contributed by atoms with van der Waals surface area (Å²) in [5.74, 6) is -0.579. The molecule has 0 saturated heterocycles. The first-order chi connectivity index (χ1) is 18.8. The maximum absolute atomic E-state index is 12.3. The van der Waals surface area contributed by atoms with Crippen LogP contribution in [0.5, 0.6) is 17.2 Å². The number of carbonyl (C=O) groups is 3. The molecule has 0 bridgehead atoms. The van der Waals surface area contributed by atoms with E-state index in [0.29, 0.717) is 35.1 Å². The third-order valence-electron chi connectivity index (χ3n) is 5.27. The van der Waals surface area contributed by atoms with Crippen LogP contribution in [0.3, 0.4) is 0 Å². The number of aryl methyl sites for hydroxylation is 1. The molecule has 0 spiro atoms. The predicted octanol–water partition coefficient (Wildman–Crippen LogP) is 3.95. The van der Waals surface area contributed by atoms with E-state index in [2.05, 4.69) is 37.1 Å². The van der Waals surface area contributed by atoms with Crippen molar-refractivity contribution in [1.82, 2.24) is 10.7 Å². The van der Waals surface area contributed by atoms with Crippen molar-refractivity contribution >= 4 is 45.6 Å². The van der Waals surface area contributed by atoms with Gasteiger partial charge in [0, 0.05) is 16.7 Å². The Balaban J connectivity index is 1.51. The van der Waals surface area contributed by atoms with E-state index in [1.165, 1.54) is 6.21 Å². The second-order valence-electron chi connectivity index (χ2n) is 8.17. The molecule has 0 atom stereocenters. The third kappa shape index (κ3) is 9.15. The van der Waals surface area contributed by atoms with Gasteiger partial charge >= 0.3 is 11.8 Å². The molecular formula is C28H29BrN4O6. The molecule has 11 heteroatoms. The molecule has 3 N–H and O–H groups in total. The molecule has 204 valence electrons. The van der Waals surface area contributed by atoms with Gasteiger partial charge in [0.15, 0.2) is 18.1 Å². The summed E-state index contributed by atoms with van der Waals surface area (Å²) in [6.07, 6.45) is 1.36. The Morgan fingerprint density at radius 1 is 0.949 bits per heavy atom. The van der Waals surface area contributed by atoms with Gasteiger partial charge in [0.25, 0.3) is 5.91 Å². The zero-order chi connectivity index (χ0) is 28.2. The van der Waals surface area contributed by atoms with Crippen molar-refractivity contribution in [2.24, 2.45) is 5.10 Å². The number of anilines is 1. The van der Waals surface area contributed by atoms with Crippen molar-refractivity contribution in [2.75, 3.05) is 25.6 Å². The van der Waals surface area contributed by atoms with Gasteiger partial charge < -0.3 is 24.8 Å². The SMILES string of the molecule is CCOc1cc(/C=N\NC(=O)C(=O)NCc2ccc(OC)cc2)ccc1OCC(=O)Nc1ccc(Br)c(C)c1. The zero-order valence-corrected chi connectivity index (χ0v) is 23.3. The number of nitrogens with one attached hydrogen (secondary N) is 3. The first-order valence-electron chi connectivity index (χ1n) is 12.0. The summed E-state index contributed by atoms with van der Waals surface area (Å²) in [5, 5.41) is 9.15. The van der Waals surface area contributed by atoms with Gasteiger partial charge in [-0.25, -0.2) is 5.43 Å². The summed E-state index contributed by atoms with van der Waals surface area (Å²) in [7, 11) is 1.57. The van der Waals surface area contributed by atoms with E-state index in [4.69, 9.17) is 14.2 Å². The molecule has 0 saturated carbocycles. The van der Waals surface area contributed by atoms with Gasteiger partial charge in [-0.1, -0.05) is 28.1 Å². The number of methoxy groups -OCH3 is 1. The number of hydrazone groups is 1. The van der Waals surface area contributed by atoms with Crippen LogP contribution in [0.4, 0.5) is 5.69 Å². The average Bonchev–Trinajstić information content (AvgIpc) is 2.93. The van der Waals surface area contributed by atoms with Crippen LogP contribution in [0.15, 0.2) is 70.2 Å². The molecule has 10 nitrogen and oxygen atoms in total. The summed E-state index contributed by atoms with van der Waals surface area (Å²) >= 11 is 3.43. The number of carbonyl (C=O) groups excluding carboxylic acids is 3. The Labute approximate surface area is 234 Å². The number of rotatable bonds is 11. The summed E-state index contributed by atoms with van der Waals surface area (Å²) in [6, 6.07) is 17.5. The van der Waals surface area contributed by atoms with Crippen molar-refractivity contribution in [3.63, 3.8) is 0 Å². The lowest BCUT2D eigenvalue weighted by Crippen LogP contribution is -2.37. The van der Waals surface area contributed by atoms with Crippen LogP contribution < -0.4 is 30.3 Å². The molecule has 3 aromatic rings. The van der Waals surface area contributed by atoms with Gasteiger partial charge in [-0.3, -0.25) is 14.4 Å². The van der Waals surface area contributed by atoms with Crippen molar-refractivity contribution in [3.8, 4) is 17.2 Å². The summed E-state index contributed by atoms with van der Waals surface area (Å²) in [6.45, 7) is 4.08. The Hall–Kier alpha value is -4.38. The van der Waals surface area contributed by atoms with Crippen molar-refractivity contribution in [2.45, 2.75) is 20.4 Å². The van der Waals surface area contributed by atoms with E-state index in [-0.39, 0.29) is 19.1 Å². The lowest BCUT2D eigenvalue weighted by molar-refractivity contribution is -0.139. The Morgan fingerprint density at radius 2 is 1.72 bits per heavy atom. The van der Waals surface area contributed by atoms with Gasteiger partial charge in [-0.05, 0) is 79.1 Å². The van der Waals surface area contributed by atoms with Gasteiger partial charge in [0.05, 0.1) is 19.9 Å². The van der Waals surface area contributed by atoms with Crippen LogP contribution in [0.25, 0.3) is 0 Å². The van der Waals surface area contributed by atoms with E-state index in [9.17, 15) is 14.4 Å². The quantitative estimate of drug-likeness (QED) is 0.175. The number of benzene rings is 3. The molecule has 0 aliphatic rings. The molecular weight excluding hydrogens is 568 g/mol. The summed E-state index contributed by atoms with van der Waals surface area (Å²) in [5.41, 5.74) is 5.25. The van der Waals surface area contributed by atoms with Gasteiger partial charge in [-0.2, -0.15) is 5.10 Å². The number of nitrogens with zero attached hydrogens (tertiary/aromatic N) is 1. The van der Waals surface area contributed by atoms with E-state index < -0.39 is 11.8 Å². The van der Waals surface area contributed by atoms with Crippen molar-refractivity contribution in [3.05, 3.63) is 81.8 Å². The molecule has 3 aromatic carbocycles. The number of hydrogen-bond acceptors (Lipinski definition) is 7. The molecule has 0 fully saturated rings. The normalized spacial score (nSPS) is 10.6. The molecule has 0 unspecified atom stereocenters. The standard InChI is InChI=1S/C28H29BrN4O6/c1-4-38-25-14-20(7-12-24(25)39-17-26(34)32-21-8-11-23(29)18(2)13-21)16-31-33-28(36)27(35)30-15-19-5-9-22(37-3)10-6-19/h5-14,16H,4,15,17H2,1-3H3,(H,30,35)(H,32,34)(H,33,36)/b31-16-. The third-order valence-corrected chi connectivity index (χ3v) is 6.16. The lowest BCUT2D eigenvalue weighted by Gasteiger charge is -2.13. The largest absolute Gasteiger partial charge is 0.497 e. The molecule has 3 amide bonds. The Morgan fingerprint density at radius 3 is 2.41 bits per heavy atom. The Bertz CT molecular complexity index is 1340. The van der Waals surface area contributed by atoms with Crippen LogP contribution in [-0.4, -0.2) is 44.3 Å². The topological polar surface area (TPSA) is 127 Å². The Kier molecular flexibility index (Phi) is 10.9. The van der Waals surface area contributed by atoms with E-state index in [0.717, 1.165) is 15.6 Å². The van der Waals surface area contributed by atoms with Gasteiger partial charge in [0.1, 0.15) is 5.75 Å². The maximum atomic E-state index is 12.3. The first-order valence-corrected chi connectivity index (χ1v) is 12.8. The fourth-order valence-corrected chi connectivity index (χ4v) is 3.52. The van der Waals surface area contributed by atoms with Crippen LogP contribution in [0.2, 0.25) is 0 Å². The number of amides is 3. The molecule has 0 aliphatic heterocycles. The lowest BCUT2D eigenvalue weighted by atomic mass is 10.2. The molecule has 0 radical (unpaired) electrons. The first kappa shape index (κ1) is 29.2. The summed E-state index contributed by atoms with van der Waals surface area (Å²) in [4.78, 5) is 36.4. The number of ether oxygens (including phenoxy) is 3. The van der Waals surface area contributed by atoms with Crippen molar-refractivity contribution < 1.29 is 28.6 Å². The fourth-order valence-electron chi connectivity index (χ4n) is 3.28. The zero-order valence-electron chi connectivity index (χ0n) is 21.7. The minimum Gasteiger partial charge on any atom is -0.497 e. The highest BCUT2D eigenvalue weighted by atomic mass is 79.9.